The molecule has 18 rings (SSSR count). The van der Waals surface area contributed by atoms with Gasteiger partial charge in [0.15, 0.2) is 0 Å². The maximum atomic E-state index is 11.4. The Morgan fingerprint density at radius 3 is 0.709 bits per heavy atom. The minimum absolute atomic E-state index is 0.0382. The third kappa shape index (κ3) is 31.1. The lowest BCUT2D eigenvalue weighted by Crippen LogP contribution is -2.39. The summed E-state index contributed by atoms with van der Waals surface area (Å²) in [5.41, 5.74) is 4.01. The number of fused-ring (bicyclic) bond motifs is 9. The number of hydrogen-bond donors (Lipinski definition) is 12. The zero-order chi connectivity index (χ0) is 110. The maximum Gasteiger partial charge on any atom is 0.373 e. The van der Waals surface area contributed by atoms with E-state index in [1.807, 2.05) is 52.0 Å². The Labute approximate surface area is 850 Å². The zero-order valence-electron chi connectivity index (χ0n) is 83.0. The second-order valence-electron chi connectivity index (χ2n) is 34.9. The Balaban J connectivity index is 0.000000202. The number of carboxylic acid groups (broad SMARTS) is 1. The molecule has 0 spiro atoms. The van der Waals surface area contributed by atoms with Crippen molar-refractivity contribution in [2.24, 2.45) is 0 Å². The molecule has 0 aromatic heterocycles. The monoisotopic (exact) mass is 2080 g/mol. The molecule has 0 bridgehead atoms. The quantitative estimate of drug-likeness (QED) is 0.0472. The van der Waals surface area contributed by atoms with Crippen LogP contribution in [0.2, 0.25) is 0 Å². The molecule has 12 N–H and O–H groups in total. The van der Waals surface area contributed by atoms with E-state index in [-0.39, 0.29) is 148 Å². The van der Waals surface area contributed by atoms with E-state index >= 15 is 0 Å². The number of esters is 9. The average Bonchev–Trinajstić information content (AvgIpc) is 1.67. The molecule has 9 fully saturated rings. The Kier molecular flexibility index (Phi) is 46.3. The highest BCUT2D eigenvalue weighted by molar-refractivity contribution is 5.96. The van der Waals surface area contributed by atoms with Crippen molar-refractivity contribution in [2.75, 3.05) is 19.8 Å². The zero-order valence-corrected chi connectivity index (χ0v) is 83.0. The smallest absolute Gasteiger partial charge is 0.373 e. The van der Waals surface area contributed by atoms with Crippen LogP contribution in [-0.4, -0.2) is 373 Å². The molecule has 0 radical (unpaired) electrons. The van der Waals surface area contributed by atoms with Crippen LogP contribution in [0.3, 0.4) is 0 Å². The van der Waals surface area contributed by atoms with Gasteiger partial charge in [0, 0.05) is 17.7 Å². The lowest BCUT2D eigenvalue weighted by atomic mass is 9.99. The molecule has 0 aliphatic carbocycles. The van der Waals surface area contributed by atoms with Gasteiger partial charge in [-0.3, -0.25) is 0 Å². The number of cyclic esters (lactones) is 8. The Morgan fingerprint density at radius 2 is 0.500 bits per heavy atom. The molecule has 0 aromatic carbocycles. The first-order valence-corrected chi connectivity index (χ1v) is 47.2. The highest BCUT2D eigenvalue weighted by atomic mass is 16.7. The average molecular weight is 2080 g/mol. The topological polar surface area (TPSA) is 657 Å². The summed E-state index contributed by atoms with van der Waals surface area (Å²) in [6.07, 6.45) is 21.7. The fourth-order valence-electron chi connectivity index (χ4n) is 17.1. The summed E-state index contributed by atoms with van der Waals surface area (Å²) in [6.45, 7) is 34.4. The van der Waals surface area contributed by atoms with Gasteiger partial charge in [-0.05, 0) is 156 Å². The van der Waals surface area contributed by atoms with Crippen molar-refractivity contribution in [3.63, 3.8) is 0 Å². The molecule has 45 heteroatoms. The number of aliphatic carboxylic acids is 1. The van der Waals surface area contributed by atoms with Gasteiger partial charge >= 0.3 is 72.0 Å². The van der Waals surface area contributed by atoms with Gasteiger partial charge < -0.3 is 151 Å². The summed E-state index contributed by atoms with van der Waals surface area (Å²) in [5.74, 6) is -4.39. The first-order valence-electron chi connectivity index (χ1n) is 47.2. The largest absolute Gasteiger partial charge is 0.488 e. The van der Waals surface area contributed by atoms with Crippen LogP contribution in [0.25, 0.3) is 0 Å². The number of ether oxygens (including phenoxy) is 19. The highest BCUT2D eigenvalue weighted by Gasteiger charge is 2.52. The van der Waals surface area contributed by atoms with Crippen LogP contribution in [0, 0.1) is 0 Å². The van der Waals surface area contributed by atoms with Gasteiger partial charge in [-0.25, -0.2) is 47.9 Å². The summed E-state index contributed by atoms with van der Waals surface area (Å²) in [4.78, 5) is 145. The van der Waals surface area contributed by atoms with Crippen LogP contribution >= 0.6 is 0 Å². The Hall–Kier alpha value is -12.5. The minimum atomic E-state index is -1.12. The second kappa shape index (κ2) is 56.8. The molecular formula is C103H126O45. The van der Waals surface area contributed by atoms with Crippen molar-refractivity contribution in [1.29, 1.82) is 0 Å². The van der Waals surface area contributed by atoms with Gasteiger partial charge in [0.25, 0.3) is 0 Å². The van der Waals surface area contributed by atoms with Gasteiger partial charge in [0.05, 0.1) is 64.4 Å². The van der Waals surface area contributed by atoms with E-state index in [2.05, 4.69) is 19.7 Å². The van der Waals surface area contributed by atoms with Crippen molar-refractivity contribution in [2.45, 2.75) is 316 Å². The lowest BCUT2D eigenvalue weighted by molar-refractivity contribution is -0.193. The van der Waals surface area contributed by atoms with Crippen molar-refractivity contribution in [3.8, 4) is 0 Å². The first kappa shape index (κ1) is 121. The first-order chi connectivity index (χ1) is 70.3. The summed E-state index contributed by atoms with van der Waals surface area (Å²) >= 11 is 0. The lowest BCUT2D eigenvalue weighted by Gasteiger charge is -2.28. The molecule has 0 aromatic rings. The number of rotatable bonds is 15. The van der Waals surface area contributed by atoms with Crippen molar-refractivity contribution in [3.05, 3.63) is 228 Å². The van der Waals surface area contributed by atoms with E-state index in [1.165, 1.54) is 79.0 Å². The number of carbonyl (C=O) groups is 10. The van der Waals surface area contributed by atoms with Crippen LogP contribution in [0.4, 0.5) is 0 Å². The van der Waals surface area contributed by atoms with Gasteiger partial charge in [-0.2, -0.15) is 19.2 Å². The number of allylic oxidation sites excluding steroid dienone is 3. The van der Waals surface area contributed by atoms with E-state index in [9.17, 15) is 93.9 Å². The third-order valence-electron chi connectivity index (χ3n) is 24.2. The minimum Gasteiger partial charge on any atom is -0.488 e. The van der Waals surface area contributed by atoms with Gasteiger partial charge in [-0.1, -0.05) is 86.4 Å². The number of aliphatic hydroxyl groups is 11. The van der Waals surface area contributed by atoms with Gasteiger partial charge in [0.1, 0.15) is 226 Å². The molecule has 808 valence electrons. The van der Waals surface area contributed by atoms with E-state index in [1.54, 1.807) is 105 Å². The second-order valence-corrected chi connectivity index (χ2v) is 34.9. The highest BCUT2D eigenvalue weighted by Crippen LogP contribution is 2.41. The molecule has 9 saturated heterocycles. The molecule has 18 heterocycles. The Morgan fingerprint density at radius 1 is 0.311 bits per heavy atom. The molecule has 148 heavy (non-hydrogen) atoms. The fourth-order valence-corrected chi connectivity index (χ4v) is 17.1. The molecule has 0 unspecified atom stereocenters. The summed E-state index contributed by atoms with van der Waals surface area (Å²) < 4.78 is 100. The third-order valence-corrected chi connectivity index (χ3v) is 24.2. The molecule has 0 saturated carbocycles. The predicted octanol–water partition coefficient (Wildman–Crippen LogP) is 1.05. The summed E-state index contributed by atoms with van der Waals surface area (Å²) in [5, 5.41) is 113. The van der Waals surface area contributed by atoms with E-state index < -0.39 is 164 Å². The van der Waals surface area contributed by atoms with Crippen molar-refractivity contribution < 1.29 is 218 Å². The maximum absolute atomic E-state index is 11.4. The molecule has 18 aliphatic heterocycles. The molecule has 45 nitrogen and oxygen atoms in total. The van der Waals surface area contributed by atoms with Crippen LogP contribution < -0.4 is 0 Å². The van der Waals surface area contributed by atoms with Gasteiger partial charge in [0.2, 0.25) is 0 Å². The van der Waals surface area contributed by atoms with E-state index in [4.69, 9.17) is 124 Å². The number of carboxylic acids is 1. The van der Waals surface area contributed by atoms with E-state index in [0.29, 0.717) is 50.3 Å². The molecular weight excluding hydrogens is 1960 g/mol. The van der Waals surface area contributed by atoms with Crippen molar-refractivity contribution >= 4 is 72.0 Å². The molecule has 36 atom stereocenters. The van der Waals surface area contributed by atoms with Crippen molar-refractivity contribution in [1.82, 2.24) is 0 Å². The normalized spacial score (nSPS) is 37.1. The fraction of sp³-hybridized carbons (Fsp3) is 0.515. The van der Waals surface area contributed by atoms with Crippen LogP contribution in [0.5, 0.6) is 0 Å². The Bertz CT molecular complexity index is 5040. The van der Waals surface area contributed by atoms with Crippen LogP contribution in [0.15, 0.2) is 228 Å². The van der Waals surface area contributed by atoms with E-state index in [0.717, 1.165) is 18.1 Å². The summed E-state index contributed by atoms with van der Waals surface area (Å²) in [6, 6.07) is 0. The van der Waals surface area contributed by atoms with Gasteiger partial charge in [-0.15, -0.1) is 13.2 Å². The van der Waals surface area contributed by atoms with Crippen LogP contribution in [-0.2, 0) is 157 Å². The number of carbonyl (C=O) groups excluding carboxylic acids is 13. The number of hydrogen-bond acceptors (Lipinski definition) is 44. The molecule has 0 amide bonds. The standard InChI is InChI=1S/C13H16O6.C12H16O4.C11H12O6.2C11H14O5.2C11H14O4.C11H14O3.C10H12O4.2CO2/c1-3-17-11(15)5-4-10-9(14)6-8-12(19-10)7(2)18-13(8)16;1-3-4-5-10-9(13)6-8-11(16-10)7(2)15-12(8)14;1-5-10-6(11(15)16-5)4-7(12)8(17-10)2-3-9(13)14;2*1-6-10-7(11(14)15-6)5-8(13)9(16-10)3-2-4-12;2*1-3-4-9-8(12)5-7-10(15-9)6(2)14-11(7)13;1-4-10-9(12)5-8-6(2)13-7(3)11(8)14-10;1-3-8-7(11)4-6-9(14-8)5(2)13-10(6)12;2*2-1-3/h4-7,9-10,12,14H,3H2,1-2H3;4-7,9-11,13H,3H2,1-2H3;2-5,7-8,10,12H,1H3,(H,13,14);2*2-3,5-6,8-10,12-13H,4H2,1H3;2*3-6,8-10,12H,1-2H3;4-5,7,9-12H,1-2H2,3H3;3-5,7-9,11H,1H2,2H3;;/b5-4-;5-4+;3-2-;3-2+;3-2-;4-3+;4-3-;;;;/t7-,9+,10+,12+;7-,9+,10+,11+;5-,7+,8+,10+;2*6-,8+,9+,10+;6-,8-,9-,10-;6-,8+,9+,10+;7-,9+,10+,11+;5-,7+,8+,9+;;/m000001000../s1. The number of aliphatic hydroxyl groups excluding tert-OH is 11. The van der Waals surface area contributed by atoms with Crippen LogP contribution in [0.1, 0.15) is 96.4 Å². The molecule has 18 aliphatic rings. The predicted molar refractivity (Wildman–Crippen MR) is 503 cm³/mol. The summed E-state index contributed by atoms with van der Waals surface area (Å²) in [7, 11) is 0. The SMILES string of the molecule is C/C=C/[C@H]1O[C@H]2C(=C[C@H]1O)C(=O)O[C@@H]2C.C/C=C\[C@H]1O[C@H]2C(=C[C@H]1O)C(=O)O[C@H]2C.C=C[C@H]1O[C@H]2C(=C[C@H]1O)C(=C)O[C@H]2C.C=C[C@H]1O[C@H]2C(=C[C@H]1O)C(=O)O[C@H]2C.CC/C=C/[C@H]1O[C@H]2C(=C[C@H]1O)C(=O)O[C@H]2C.CCOC(=O)/C=C\[C@H]1O[C@H]2C(=C[C@H]1O)C(=O)O[C@H]2C.C[C@@H]1OC(=O)C2=C[C@@H](O)[C@@H](/C=C/CO)O[C@@H]21.C[C@@H]1OC(=O)C2=C[C@@H](O)[C@@H](/C=C\C(=O)O)O[C@@H]21.C[C@@H]1OC(=O)C2=C[C@@H](O)[C@@H](/C=C\CO)O[C@@H]21.O=C=O.O=C=O.